The van der Waals surface area contributed by atoms with Crippen LogP contribution in [0.4, 0.5) is 13.2 Å². The summed E-state index contributed by atoms with van der Waals surface area (Å²) >= 11 is 0. The van der Waals surface area contributed by atoms with E-state index in [0.717, 1.165) is 12.1 Å². The van der Waals surface area contributed by atoms with Crippen LogP contribution in [0.2, 0.25) is 0 Å². The van der Waals surface area contributed by atoms with Crippen molar-refractivity contribution in [3.8, 4) is 0 Å². The van der Waals surface area contributed by atoms with Gasteiger partial charge in [-0.05, 0) is 31.0 Å². The Morgan fingerprint density at radius 2 is 1.79 bits per heavy atom. The Balaban J connectivity index is 2.72. The minimum absolute atomic E-state index is 0.203. The summed E-state index contributed by atoms with van der Waals surface area (Å²) in [4.78, 5) is 11.0. The average molecular weight is 275 g/mol. The molecule has 1 unspecified atom stereocenters. The van der Waals surface area contributed by atoms with E-state index in [4.69, 9.17) is 5.11 Å². The molecule has 0 bridgehead atoms. The van der Waals surface area contributed by atoms with Crippen LogP contribution >= 0.6 is 0 Å². The number of halogens is 3. The third-order valence-corrected chi connectivity index (χ3v) is 3.14. The highest BCUT2D eigenvalue weighted by Gasteiger charge is 2.31. The Bertz CT molecular complexity index is 442. The maximum atomic E-state index is 12.4. The van der Waals surface area contributed by atoms with Gasteiger partial charge in [0.05, 0.1) is 5.56 Å². The van der Waals surface area contributed by atoms with E-state index >= 15 is 0 Å². The second kappa shape index (κ2) is 5.61. The average Bonchev–Trinajstić information content (AvgIpc) is 2.35. The van der Waals surface area contributed by atoms with Crippen LogP contribution in [0.3, 0.4) is 0 Å². The Morgan fingerprint density at radius 3 is 2.16 bits per heavy atom. The number of hydrogen-bond acceptors (Lipinski definition) is 2. The van der Waals surface area contributed by atoms with Gasteiger partial charge in [-0.1, -0.05) is 19.1 Å². The van der Waals surface area contributed by atoms with Gasteiger partial charge in [-0.3, -0.25) is 10.1 Å². The van der Waals surface area contributed by atoms with Crippen LogP contribution in [-0.4, -0.2) is 16.6 Å². The van der Waals surface area contributed by atoms with Crippen molar-refractivity contribution in [2.24, 2.45) is 0 Å². The normalized spacial score (nSPS) is 15.0. The number of carbonyl (C=O) groups is 1. The first-order valence-electron chi connectivity index (χ1n) is 5.83. The van der Waals surface area contributed by atoms with Crippen molar-refractivity contribution in [1.82, 2.24) is 5.32 Å². The van der Waals surface area contributed by atoms with Crippen molar-refractivity contribution in [3.05, 3.63) is 35.4 Å². The largest absolute Gasteiger partial charge is 0.480 e. The molecule has 0 aliphatic rings. The second-order valence-electron chi connectivity index (χ2n) is 4.54. The fourth-order valence-electron chi connectivity index (χ4n) is 1.46. The van der Waals surface area contributed by atoms with Gasteiger partial charge < -0.3 is 5.11 Å². The predicted molar refractivity (Wildman–Crippen MR) is 64.6 cm³/mol. The standard InChI is InChI=1S/C13H16F3NO2/c1-3-12(2,11(18)19)17-8-9-4-6-10(7-5-9)13(14,15)16/h4-7,17H,3,8H2,1-2H3,(H,18,19). The van der Waals surface area contributed by atoms with E-state index in [-0.39, 0.29) is 6.54 Å². The molecule has 0 radical (unpaired) electrons. The number of aliphatic carboxylic acids is 1. The highest BCUT2D eigenvalue weighted by atomic mass is 19.4. The summed E-state index contributed by atoms with van der Waals surface area (Å²) in [6.07, 6.45) is -3.98. The third-order valence-electron chi connectivity index (χ3n) is 3.14. The van der Waals surface area contributed by atoms with Gasteiger partial charge in [0.25, 0.3) is 0 Å². The molecule has 1 rings (SSSR count). The van der Waals surface area contributed by atoms with Crippen LogP contribution in [0.5, 0.6) is 0 Å². The summed E-state index contributed by atoms with van der Waals surface area (Å²) < 4.78 is 37.1. The molecule has 1 aromatic rings. The monoisotopic (exact) mass is 275 g/mol. The lowest BCUT2D eigenvalue weighted by Crippen LogP contribution is -2.48. The van der Waals surface area contributed by atoms with E-state index in [1.165, 1.54) is 12.1 Å². The van der Waals surface area contributed by atoms with Crippen molar-refractivity contribution in [2.75, 3.05) is 0 Å². The van der Waals surface area contributed by atoms with Crippen molar-refractivity contribution in [1.29, 1.82) is 0 Å². The molecule has 0 aromatic heterocycles. The Kier molecular flexibility index (Phi) is 4.57. The summed E-state index contributed by atoms with van der Waals surface area (Å²) in [7, 11) is 0. The van der Waals surface area contributed by atoms with Gasteiger partial charge in [0, 0.05) is 6.54 Å². The number of alkyl halides is 3. The molecule has 0 aliphatic carbocycles. The van der Waals surface area contributed by atoms with Crippen molar-refractivity contribution in [3.63, 3.8) is 0 Å². The van der Waals surface area contributed by atoms with Gasteiger partial charge >= 0.3 is 12.1 Å². The molecule has 0 heterocycles. The van der Waals surface area contributed by atoms with E-state index in [1.54, 1.807) is 13.8 Å². The van der Waals surface area contributed by atoms with Gasteiger partial charge in [-0.15, -0.1) is 0 Å². The van der Waals surface area contributed by atoms with E-state index < -0.39 is 23.2 Å². The molecule has 3 nitrogen and oxygen atoms in total. The second-order valence-corrected chi connectivity index (χ2v) is 4.54. The Morgan fingerprint density at radius 1 is 1.26 bits per heavy atom. The van der Waals surface area contributed by atoms with Crippen molar-refractivity contribution in [2.45, 2.75) is 38.5 Å². The van der Waals surface area contributed by atoms with Gasteiger partial charge in [-0.25, -0.2) is 0 Å². The zero-order chi connectivity index (χ0) is 14.7. The molecule has 0 saturated heterocycles. The zero-order valence-electron chi connectivity index (χ0n) is 10.7. The number of carboxylic acid groups (broad SMARTS) is 1. The SMILES string of the molecule is CCC(C)(NCc1ccc(C(F)(F)F)cc1)C(=O)O. The van der Waals surface area contributed by atoms with Gasteiger partial charge in [0.1, 0.15) is 5.54 Å². The van der Waals surface area contributed by atoms with E-state index in [2.05, 4.69) is 5.32 Å². The summed E-state index contributed by atoms with van der Waals surface area (Å²) in [5.41, 5.74) is -1.19. The number of hydrogen-bond donors (Lipinski definition) is 2. The first kappa shape index (κ1) is 15.5. The van der Waals surface area contributed by atoms with Gasteiger partial charge in [-0.2, -0.15) is 13.2 Å². The molecule has 0 spiro atoms. The van der Waals surface area contributed by atoms with Crippen LogP contribution in [0, 0.1) is 0 Å². The van der Waals surface area contributed by atoms with Crippen molar-refractivity contribution >= 4 is 5.97 Å². The smallest absolute Gasteiger partial charge is 0.416 e. The maximum Gasteiger partial charge on any atom is 0.416 e. The molecule has 0 aliphatic heterocycles. The van der Waals surface area contributed by atoms with Crippen LogP contribution in [0.25, 0.3) is 0 Å². The molecule has 19 heavy (non-hydrogen) atoms. The summed E-state index contributed by atoms with van der Waals surface area (Å²) in [6.45, 7) is 3.47. The topological polar surface area (TPSA) is 49.3 Å². The molecule has 0 amide bonds. The zero-order valence-corrected chi connectivity index (χ0v) is 10.7. The summed E-state index contributed by atoms with van der Waals surface area (Å²) in [6, 6.07) is 4.66. The summed E-state index contributed by atoms with van der Waals surface area (Å²) in [5.74, 6) is -0.984. The highest BCUT2D eigenvalue weighted by molar-refractivity contribution is 5.78. The molecule has 1 atom stereocenters. The van der Waals surface area contributed by atoms with Gasteiger partial charge in [0.15, 0.2) is 0 Å². The number of rotatable bonds is 5. The lowest BCUT2D eigenvalue weighted by Gasteiger charge is -2.24. The lowest BCUT2D eigenvalue weighted by molar-refractivity contribution is -0.144. The molecule has 106 valence electrons. The van der Waals surface area contributed by atoms with Crippen molar-refractivity contribution < 1.29 is 23.1 Å². The lowest BCUT2D eigenvalue weighted by atomic mass is 9.98. The Labute approximate surface area is 109 Å². The predicted octanol–water partition coefficient (Wildman–Crippen LogP) is 3.05. The number of benzene rings is 1. The molecular weight excluding hydrogens is 259 g/mol. The van der Waals surface area contributed by atoms with E-state index in [9.17, 15) is 18.0 Å². The van der Waals surface area contributed by atoms with Crippen LogP contribution in [-0.2, 0) is 17.5 Å². The molecular formula is C13H16F3NO2. The summed E-state index contributed by atoms with van der Waals surface area (Å²) in [5, 5.41) is 11.9. The molecule has 1 aromatic carbocycles. The van der Waals surface area contributed by atoms with Gasteiger partial charge in [0.2, 0.25) is 0 Å². The number of carboxylic acids is 1. The quantitative estimate of drug-likeness (QED) is 0.868. The third kappa shape index (κ3) is 3.96. The first-order valence-corrected chi connectivity index (χ1v) is 5.83. The van der Waals surface area contributed by atoms with Crippen LogP contribution in [0.1, 0.15) is 31.4 Å². The van der Waals surface area contributed by atoms with E-state index in [1.807, 2.05) is 0 Å². The molecule has 2 N–H and O–H groups in total. The maximum absolute atomic E-state index is 12.4. The minimum Gasteiger partial charge on any atom is -0.480 e. The fourth-order valence-corrected chi connectivity index (χ4v) is 1.46. The Hall–Kier alpha value is -1.56. The van der Waals surface area contributed by atoms with E-state index in [0.29, 0.717) is 12.0 Å². The fraction of sp³-hybridized carbons (Fsp3) is 0.462. The first-order chi connectivity index (χ1) is 8.69. The minimum atomic E-state index is -4.36. The highest BCUT2D eigenvalue weighted by Crippen LogP contribution is 2.29. The number of nitrogens with one attached hydrogen (secondary N) is 1. The van der Waals surface area contributed by atoms with Crippen LogP contribution in [0.15, 0.2) is 24.3 Å². The van der Waals surface area contributed by atoms with Crippen LogP contribution < -0.4 is 5.32 Å². The molecule has 0 fully saturated rings. The molecule has 0 saturated carbocycles. The molecule has 6 heteroatoms.